The number of rotatable bonds is 5. The Morgan fingerprint density at radius 3 is 2.46 bits per heavy atom. The second-order valence-electron chi connectivity index (χ2n) is 6.06. The minimum atomic E-state index is 0. The van der Waals surface area contributed by atoms with Crippen molar-refractivity contribution in [1.29, 1.82) is 0 Å². The van der Waals surface area contributed by atoms with Crippen LogP contribution in [0.5, 0.6) is 0 Å². The first-order chi connectivity index (χ1) is 11.0. The number of hydrogen-bond acceptors (Lipinski definition) is 2. The molecule has 0 unspecified atom stereocenters. The van der Waals surface area contributed by atoms with Gasteiger partial charge in [-0.05, 0) is 30.5 Å². The van der Waals surface area contributed by atoms with Crippen molar-refractivity contribution in [1.82, 2.24) is 15.5 Å². The number of likely N-dealkylation sites (N-methyl/N-ethyl adjacent to an activating group) is 1. The summed E-state index contributed by atoms with van der Waals surface area (Å²) >= 11 is 5.90. The van der Waals surface area contributed by atoms with Crippen LogP contribution < -0.4 is 10.6 Å². The second kappa shape index (κ2) is 10.8. The maximum absolute atomic E-state index is 11.8. The summed E-state index contributed by atoms with van der Waals surface area (Å²) in [5.41, 5.74) is 1.08. The summed E-state index contributed by atoms with van der Waals surface area (Å²) in [6, 6.07) is 8.09. The smallest absolute Gasteiger partial charge is 0.241 e. The summed E-state index contributed by atoms with van der Waals surface area (Å²) in [4.78, 5) is 17.9. The largest absolute Gasteiger partial charge is 0.354 e. The number of nitrogens with zero attached hydrogens (tertiary/aromatic N) is 2. The number of carbonyl (C=O) groups is 1. The topological polar surface area (TPSA) is 56.7 Å². The van der Waals surface area contributed by atoms with E-state index in [4.69, 9.17) is 11.6 Å². The van der Waals surface area contributed by atoms with Gasteiger partial charge in [-0.2, -0.15) is 0 Å². The highest BCUT2D eigenvalue weighted by Gasteiger charge is 2.16. The number of guanidine groups is 1. The molecule has 0 spiro atoms. The van der Waals surface area contributed by atoms with Gasteiger partial charge in [0.1, 0.15) is 0 Å². The average molecular weight is 465 g/mol. The van der Waals surface area contributed by atoms with Crippen molar-refractivity contribution >= 4 is 47.4 Å². The molecule has 24 heavy (non-hydrogen) atoms. The Morgan fingerprint density at radius 1 is 1.25 bits per heavy atom. The lowest BCUT2D eigenvalue weighted by molar-refractivity contribution is -0.127. The van der Waals surface area contributed by atoms with Gasteiger partial charge in [0, 0.05) is 25.2 Å². The quantitative estimate of drug-likeness (QED) is 0.400. The minimum Gasteiger partial charge on any atom is -0.354 e. The molecule has 0 atom stereocenters. The average Bonchev–Trinajstić information content (AvgIpc) is 3.04. The maximum atomic E-state index is 11.8. The van der Waals surface area contributed by atoms with Crippen LogP contribution in [0.15, 0.2) is 29.3 Å². The van der Waals surface area contributed by atoms with Gasteiger partial charge in [-0.3, -0.25) is 4.79 Å². The Labute approximate surface area is 166 Å². The zero-order valence-electron chi connectivity index (χ0n) is 14.2. The highest BCUT2D eigenvalue weighted by atomic mass is 127. The van der Waals surface area contributed by atoms with Crippen LogP contribution in [0.3, 0.4) is 0 Å². The lowest BCUT2D eigenvalue weighted by Crippen LogP contribution is -2.46. The Kier molecular flexibility index (Phi) is 9.43. The summed E-state index contributed by atoms with van der Waals surface area (Å²) in [6.07, 6.45) is 4.81. The number of halogens is 2. The molecule has 134 valence electrons. The van der Waals surface area contributed by atoms with Crippen molar-refractivity contribution in [2.75, 3.05) is 20.6 Å². The van der Waals surface area contributed by atoms with E-state index in [0.717, 1.165) is 23.4 Å². The molecule has 1 aromatic rings. The van der Waals surface area contributed by atoms with Crippen molar-refractivity contribution < 1.29 is 4.79 Å². The molecule has 1 aromatic carbocycles. The SMILES string of the molecule is CN(C)C(=O)CNC(=NCc1ccc(Cl)cc1)NC1CCCC1.I. The highest BCUT2D eigenvalue weighted by Crippen LogP contribution is 2.17. The third-order valence-corrected chi connectivity index (χ3v) is 4.19. The van der Waals surface area contributed by atoms with E-state index in [2.05, 4.69) is 15.6 Å². The minimum absolute atomic E-state index is 0. The van der Waals surface area contributed by atoms with Gasteiger partial charge in [0.2, 0.25) is 5.91 Å². The van der Waals surface area contributed by atoms with Crippen LogP contribution >= 0.6 is 35.6 Å². The Hall–Kier alpha value is -1.02. The van der Waals surface area contributed by atoms with Crippen LogP contribution in [0.4, 0.5) is 0 Å². The van der Waals surface area contributed by atoms with Gasteiger partial charge in [0.05, 0.1) is 13.1 Å². The van der Waals surface area contributed by atoms with Gasteiger partial charge in [0.15, 0.2) is 5.96 Å². The molecule has 0 radical (unpaired) electrons. The van der Waals surface area contributed by atoms with E-state index < -0.39 is 0 Å². The molecule has 7 heteroatoms. The van der Waals surface area contributed by atoms with E-state index in [0.29, 0.717) is 18.5 Å². The Morgan fingerprint density at radius 2 is 1.88 bits per heavy atom. The van der Waals surface area contributed by atoms with Crippen molar-refractivity contribution in [3.63, 3.8) is 0 Å². The van der Waals surface area contributed by atoms with Crippen LogP contribution in [0.25, 0.3) is 0 Å². The Bertz CT molecular complexity index is 542. The number of hydrogen-bond donors (Lipinski definition) is 2. The molecule has 1 amide bonds. The zero-order valence-corrected chi connectivity index (χ0v) is 17.3. The van der Waals surface area contributed by atoms with E-state index >= 15 is 0 Å². The summed E-state index contributed by atoms with van der Waals surface area (Å²) < 4.78 is 0. The molecule has 1 aliphatic carbocycles. The van der Waals surface area contributed by atoms with E-state index in [-0.39, 0.29) is 36.4 Å². The number of amides is 1. The highest BCUT2D eigenvalue weighted by molar-refractivity contribution is 14.0. The van der Waals surface area contributed by atoms with Crippen molar-refractivity contribution in [3.05, 3.63) is 34.9 Å². The fourth-order valence-corrected chi connectivity index (χ4v) is 2.62. The molecule has 0 bridgehead atoms. The van der Waals surface area contributed by atoms with E-state index in [9.17, 15) is 4.79 Å². The first-order valence-corrected chi connectivity index (χ1v) is 8.42. The third-order valence-electron chi connectivity index (χ3n) is 3.93. The predicted molar refractivity (Wildman–Crippen MR) is 110 cm³/mol. The number of carbonyl (C=O) groups excluding carboxylic acids is 1. The van der Waals surface area contributed by atoms with Gasteiger partial charge < -0.3 is 15.5 Å². The molecule has 2 N–H and O–H groups in total. The van der Waals surface area contributed by atoms with Gasteiger partial charge in [-0.1, -0.05) is 36.6 Å². The van der Waals surface area contributed by atoms with Crippen molar-refractivity contribution in [2.24, 2.45) is 4.99 Å². The van der Waals surface area contributed by atoms with E-state index in [1.807, 2.05) is 24.3 Å². The van der Waals surface area contributed by atoms with Crippen LogP contribution in [0, 0.1) is 0 Å². The zero-order chi connectivity index (χ0) is 16.7. The van der Waals surface area contributed by atoms with Crippen LogP contribution in [0.1, 0.15) is 31.2 Å². The fraction of sp³-hybridized carbons (Fsp3) is 0.529. The van der Waals surface area contributed by atoms with Crippen molar-refractivity contribution in [2.45, 2.75) is 38.3 Å². The van der Waals surface area contributed by atoms with Crippen LogP contribution in [0.2, 0.25) is 5.02 Å². The first-order valence-electron chi connectivity index (χ1n) is 8.04. The molecular formula is C17H26ClIN4O. The maximum Gasteiger partial charge on any atom is 0.241 e. The molecule has 2 rings (SSSR count). The summed E-state index contributed by atoms with van der Waals surface area (Å²) in [5.74, 6) is 0.722. The van der Waals surface area contributed by atoms with Gasteiger partial charge in [-0.25, -0.2) is 4.99 Å². The number of benzene rings is 1. The summed E-state index contributed by atoms with van der Waals surface area (Å²) in [5, 5.41) is 7.28. The van der Waals surface area contributed by atoms with E-state index in [1.165, 1.54) is 12.8 Å². The first kappa shape index (κ1) is 21.0. The molecule has 1 fully saturated rings. The van der Waals surface area contributed by atoms with Crippen molar-refractivity contribution in [3.8, 4) is 0 Å². The van der Waals surface area contributed by atoms with Crippen LogP contribution in [-0.2, 0) is 11.3 Å². The molecule has 1 saturated carbocycles. The van der Waals surface area contributed by atoms with Gasteiger partial charge >= 0.3 is 0 Å². The molecule has 5 nitrogen and oxygen atoms in total. The predicted octanol–water partition coefficient (Wildman–Crippen LogP) is 3.02. The molecular weight excluding hydrogens is 439 g/mol. The fourth-order valence-electron chi connectivity index (χ4n) is 2.49. The van der Waals surface area contributed by atoms with Gasteiger partial charge in [0.25, 0.3) is 0 Å². The summed E-state index contributed by atoms with van der Waals surface area (Å²) in [7, 11) is 3.50. The number of nitrogens with one attached hydrogen (secondary N) is 2. The lowest BCUT2D eigenvalue weighted by Gasteiger charge is -2.18. The van der Waals surface area contributed by atoms with Gasteiger partial charge in [-0.15, -0.1) is 24.0 Å². The second-order valence-corrected chi connectivity index (χ2v) is 6.50. The number of aliphatic imine (C=N–C) groups is 1. The molecule has 0 aromatic heterocycles. The molecule has 0 saturated heterocycles. The molecule has 0 aliphatic heterocycles. The Balaban J connectivity index is 0.00000288. The lowest BCUT2D eigenvalue weighted by atomic mass is 10.2. The summed E-state index contributed by atoms with van der Waals surface area (Å²) in [6.45, 7) is 0.793. The molecule has 1 aliphatic rings. The normalized spacial score (nSPS) is 14.9. The van der Waals surface area contributed by atoms with E-state index in [1.54, 1.807) is 19.0 Å². The monoisotopic (exact) mass is 464 g/mol. The molecule has 0 heterocycles. The van der Waals surface area contributed by atoms with Crippen LogP contribution in [-0.4, -0.2) is 43.4 Å². The standard InChI is InChI=1S/C17H25ClN4O.HI/c1-22(2)16(23)12-20-17(21-15-5-3-4-6-15)19-11-13-7-9-14(18)10-8-13;/h7-10,15H,3-6,11-12H2,1-2H3,(H2,19,20,21);1H. The third kappa shape index (κ3) is 7.25.